The van der Waals surface area contributed by atoms with Crippen LogP contribution in [0, 0.1) is 17.8 Å². The highest BCUT2D eigenvalue weighted by molar-refractivity contribution is 5.95. The Hall–Kier alpha value is -1.36. The summed E-state index contributed by atoms with van der Waals surface area (Å²) in [6.07, 6.45) is 9.13. The molecule has 1 aromatic rings. The molecule has 5 aliphatic rings. The Labute approximate surface area is 155 Å². The molecular weight excluding hydrogens is 326 g/mol. The van der Waals surface area contributed by atoms with Crippen LogP contribution < -0.4 is 5.32 Å². The highest BCUT2D eigenvalue weighted by Gasteiger charge is 2.55. The Kier molecular flexibility index (Phi) is 3.45. The number of aromatic nitrogens is 2. The lowest BCUT2D eigenvalue weighted by Gasteiger charge is -2.58. The molecule has 1 amide bonds. The molecule has 6 rings (SSSR count). The Balaban J connectivity index is 1.39. The van der Waals surface area contributed by atoms with Gasteiger partial charge in [0, 0.05) is 12.0 Å². The van der Waals surface area contributed by atoms with E-state index in [1.165, 1.54) is 12.8 Å². The maximum absolute atomic E-state index is 13.2. The van der Waals surface area contributed by atoms with E-state index in [0.29, 0.717) is 23.7 Å². The van der Waals surface area contributed by atoms with Gasteiger partial charge in [0.05, 0.1) is 28.6 Å². The molecule has 2 N–H and O–H groups in total. The number of aliphatic hydroxyl groups is 1. The highest BCUT2D eigenvalue weighted by atomic mass is 16.3. The summed E-state index contributed by atoms with van der Waals surface area (Å²) in [6, 6.07) is 0.226. The molecule has 5 aliphatic carbocycles. The minimum Gasteiger partial charge on any atom is -0.390 e. The van der Waals surface area contributed by atoms with E-state index in [1.54, 1.807) is 6.20 Å². The van der Waals surface area contributed by atoms with Gasteiger partial charge in [0.15, 0.2) is 0 Å². The smallest absolute Gasteiger partial charge is 0.255 e. The van der Waals surface area contributed by atoms with Gasteiger partial charge in [-0.15, -0.1) is 0 Å². The van der Waals surface area contributed by atoms with Crippen LogP contribution >= 0.6 is 0 Å². The van der Waals surface area contributed by atoms with E-state index in [9.17, 15) is 9.90 Å². The maximum Gasteiger partial charge on any atom is 0.255 e. The molecule has 0 radical (unpaired) electrons. The van der Waals surface area contributed by atoms with E-state index in [2.05, 4.69) is 35.9 Å². The minimum absolute atomic E-state index is 0.0480. The fourth-order valence-corrected chi connectivity index (χ4v) is 6.26. The van der Waals surface area contributed by atoms with E-state index in [0.717, 1.165) is 43.4 Å². The third-order valence-corrected chi connectivity index (χ3v) is 7.19. The van der Waals surface area contributed by atoms with Crippen LogP contribution in [0.1, 0.15) is 87.7 Å². The zero-order chi connectivity index (χ0) is 18.3. The van der Waals surface area contributed by atoms with Gasteiger partial charge in [0.2, 0.25) is 0 Å². The van der Waals surface area contributed by atoms with Crippen LogP contribution in [0.5, 0.6) is 0 Å². The maximum atomic E-state index is 13.2. The Morgan fingerprint density at radius 1 is 1.23 bits per heavy atom. The van der Waals surface area contributed by atoms with Crippen molar-refractivity contribution in [3.63, 3.8) is 0 Å². The summed E-state index contributed by atoms with van der Waals surface area (Å²) < 4.78 is 2.05. The number of amides is 1. The van der Waals surface area contributed by atoms with Crippen molar-refractivity contribution in [3.8, 4) is 0 Å². The topological polar surface area (TPSA) is 67.2 Å². The zero-order valence-corrected chi connectivity index (χ0v) is 16.2. The number of rotatable bonds is 3. The van der Waals surface area contributed by atoms with Crippen LogP contribution in [0.25, 0.3) is 0 Å². The average Bonchev–Trinajstić information content (AvgIpc) is 3.25. The molecule has 0 aromatic carbocycles. The molecule has 5 nitrogen and oxygen atoms in total. The van der Waals surface area contributed by atoms with Gasteiger partial charge in [-0.3, -0.25) is 9.48 Å². The first-order chi connectivity index (χ1) is 12.2. The van der Waals surface area contributed by atoms with E-state index in [-0.39, 0.29) is 17.5 Å². The van der Waals surface area contributed by atoms with Crippen molar-refractivity contribution in [2.45, 2.75) is 88.8 Å². The highest BCUT2D eigenvalue weighted by Crippen LogP contribution is 2.55. The van der Waals surface area contributed by atoms with Crippen molar-refractivity contribution >= 4 is 5.91 Å². The summed E-state index contributed by atoms with van der Waals surface area (Å²) in [7, 11) is 0. The van der Waals surface area contributed by atoms with E-state index in [4.69, 9.17) is 0 Å². The van der Waals surface area contributed by atoms with Gasteiger partial charge in [-0.1, -0.05) is 0 Å². The molecule has 0 spiro atoms. The van der Waals surface area contributed by atoms with Gasteiger partial charge in [-0.25, -0.2) is 0 Å². The second kappa shape index (κ2) is 5.34. The van der Waals surface area contributed by atoms with E-state index < -0.39 is 5.60 Å². The van der Waals surface area contributed by atoms with Crippen LogP contribution in [-0.2, 0) is 5.54 Å². The fraction of sp³-hybridized carbons (Fsp3) is 0.810. The molecule has 0 saturated heterocycles. The van der Waals surface area contributed by atoms with Crippen molar-refractivity contribution in [2.75, 3.05) is 0 Å². The predicted octanol–water partition coefficient (Wildman–Crippen LogP) is 3.18. The number of carbonyl (C=O) groups is 1. The van der Waals surface area contributed by atoms with Crippen LogP contribution in [-0.4, -0.2) is 32.4 Å². The van der Waals surface area contributed by atoms with Crippen molar-refractivity contribution in [1.82, 2.24) is 15.1 Å². The SMILES string of the molecule is CC(C)(C)n1ncc(C(=O)NC2[C@H]3CC4C[C@H]2CC(O)(C4)C3)c1C1CC1. The molecule has 2 atom stereocenters. The monoisotopic (exact) mass is 357 g/mol. The molecule has 4 bridgehead atoms. The third-order valence-electron chi connectivity index (χ3n) is 7.19. The Morgan fingerprint density at radius 3 is 2.42 bits per heavy atom. The molecular formula is C21H31N3O2. The van der Waals surface area contributed by atoms with Crippen molar-refractivity contribution < 1.29 is 9.90 Å². The summed E-state index contributed by atoms with van der Waals surface area (Å²) >= 11 is 0. The van der Waals surface area contributed by atoms with Crippen LogP contribution in [0.2, 0.25) is 0 Å². The quantitative estimate of drug-likeness (QED) is 0.873. The van der Waals surface area contributed by atoms with Gasteiger partial charge in [0.1, 0.15) is 0 Å². The van der Waals surface area contributed by atoms with Gasteiger partial charge >= 0.3 is 0 Å². The summed E-state index contributed by atoms with van der Waals surface area (Å²) in [5.41, 5.74) is 1.34. The average molecular weight is 357 g/mol. The number of carbonyl (C=O) groups excluding carboxylic acids is 1. The molecule has 5 heteroatoms. The zero-order valence-electron chi connectivity index (χ0n) is 16.2. The first kappa shape index (κ1) is 16.8. The lowest BCUT2D eigenvalue weighted by molar-refractivity contribution is -0.136. The molecule has 1 heterocycles. The normalized spacial score (nSPS) is 38.6. The van der Waals surface area contributed by atoms with Crippen molar-refractivity contribution in [1.29, 1.82) is 0 Å². The van der Waals surface area contributed by atoms with Gasteiger partial charge in [-0.05, 0) is 83.5 Å². The summed E-state index contributed by atoms with van der Waals surface area (Å²) in [5.74, 6) is 2.08. The number of nitrogens with one attached hydrogen (secondary N) is 1. The second-order valence-electron chi connectivity index (χ2n) is 10.5. The van der Waals surface area contributed by atoms with Gasteiger partial charge in [0.25, 0.3) is 5.91 Å². The summed E-state index contributed by atoms with van der Waals surface area (Å²) in [5, 5.41) is 18.7. The molecule has 1 aromatic heterocycles. The number of hydrogen-bond acceptors (Lipinski definition) is 3. The Morgan fingerprint density at radius 2 is 1.88 bits per heavy atom. The predicted molar refractivity (Wildman–Crippen MR) is 99.0 cm³/mol. The first-order valence-corrected chi connectivity index (χ1v) is 10.4. The molecule has 142 valence electrons. The number of hydrogen-bond donors (Lipinski definition) is 2. The van der Waals surface area contributed by atoms with E-state index >= 15 is 0 Å². The van der Waals surface area contributed by atoms with Crippen LogP contribution in [0.4, 0.5) is 0 Å². The summed E-state index contributed by atoms with van der Waals surface area (Å²) in [6.45, 7) is 6.43. The molecule has 0 aliphatic heterocycles. The Bertz CT molecular complexity index is 727. The third kappa shape index (κ3) is 2.62. The van der Waals surface area contributed by atoms with Crippen LogP contribution in [0.3, 0.4) is 0 Å². The summed E-state index contributed by atoms with van der Waals surface area (Å²) in [4.78, 5) is 13.2. The minimum atomic E-state index is -0.450. The second-order valence-corrected chi connectivity index (χ2v) is 10.5. The van der Waals surface area contributed by atoms with Crippen molar-refractivity contribution in [3.05, 3.63) is 17.5 Å². The molecule has 0 unspecified atom stereocenters. The molecule has 5 saturated carbocycles. The van der Waals surface area contributed by atoms with Crippen LogP contribution in [0.15, 0.2) is 6.20 Å². The molecule has 5 fully saturated rings. The number of nitrogens with zero attached hydrogens (tertiary/aromatic N) is 2. The lowest BCUT2D eigenvalue weighted by Crippen LogP contribution is -2.61. The lowest BCUT2D eigenvalue weighted by atomic mass is 9.52. The van der Waals surface area contributed by atoms with E-state index in [1.807, 2.05) is 0 Å². The van der Waals surface area contributed by atoms with Gasteiger partial charge < -0.3 is 10.4 Å². The standard InChI is InChI=1S/C21H31N3O2/c1-20(2,3)24-18(13-4-5-13)16(11-22-24)19(25)23-17-14-6-12-7-15(17)10-21(26,8-12)9-14/h11-15,17,26H,4-10H2,1-3H3,(H,23,25)/t12?,14-,15-,17?,21?/m0/s1. The largest absolute Gasteiger partial charge is 0.390 e. The van der Waals surface area contributed by atoms with Gasteiger partial charge in [-0.2, -0.15) is 5.10 Å². The fourth-order valence-electron chi connectivity index (χ4n) is 6.26. The van der Waals surface area contributed by atoms with Crippen molar-refractivity contribution in [2.24, 2.45) is 17.8 Å². The first-order valence-electron chi connectivity index (χ1n) is 10.4. The molecule has 26 heavy (non-hydrogen) atoms.